The summed E-state index contributed by atoms with van der Waals surface area (Å²) in [6.45, 7) is 2.09. The topological polar surface area (TPSA) is 338 Å². The van der Waals surface area contributed by atoms with Crippen LogP contribution in [0.1, 0.15) is 106 Å². The first-order chi connectivity index (χ1) is 36.4. The number of methoxy groups -OCH3 is 1. The fraction of sp³-hybridized carbons (Fsp3) is 0.426. The number of hydrogen-bond acceptors (Lipinski definition) is 18. The van der Waals surface area contributed by atoms with E-state index in [-0.39, 0.29) is 60.6 Å². The van der Waals surface area contributed by atoms with Crippen LogP contribution >= 0.6 is 0 Å². The number of fused-ring (bicyclic) bond motifs is 4. The molecule has 0 radical (unpaired) electrons. The molecule has 2 saturated heterocycles. The van der Waals surface area contributed by atoms with Gasteiger partial charge in [-0.05, 0) is 69.0 Å². The third-order valence-electron chi connectivity index (χ3n) is 14.2. The molecule has 4 aliphatic rings. The maximum atomic E-state index is 14.1. The molecule has 22 nitrogen and oxygen atoms in total. The van der Waals surface area contributed by atoms with Crippen molar-refractivity contribution in [2.45, 2.75) is 120 Å². The van der Waals surface area contributed by atoms with Crippen molar-refractivity contribution >= 4 is 46.9 Å². The summed E-state index contributed by atoms with van der Waals surface area (Å²) in [7, 11) is 1.31. The molecule has 4 aromatic rings. The number of aliphatic hydroxyl groups is 2. The van der Waals surface area contributed by atoms with E-state index < -0.39 is 138 Å². The number of nitrogens with two attached hydrogens (primary N) is 2. The predicted octanol–water partition coefficient (Wildman–Crippen LogP) is 2.30. The minimum absolute atomic E-state index is 0.0510. The lowest BCUT2D eigenvalue weighted by Crippen LogP contribution is -2.55. The molecule has 2 aliphatic heterocycles. The first kappa shape index (κ1) is 54.9. The van der Waals surface area contributed by atoms with E-state index in [9.17, 15) is 54.0 Å². The Morgan fingerprint density at radius 2 is 1.58 bits per heavy atom. The van der Waals surface area contributed by atoms with Gasteiger partial charge in [-0.3, -0.25) is 33.7 Å². The van der Waals surface area contributed by atoms with Crippen molar-refractivity contribution in [2.24, 2.45) is 11.5 Å². The zero-order valence-electron chi connectivity index (χ0n) is 42.1. The summed E-state index contributed by atoms with van der Waals surface area (Å²) in [6, 6.07) is 16.3. The molecule has 0 spiro atoms. The van der Waals surface area contributed by atoms with Gasteiger partial charge < -0.3 is 71.5 Å². The zero-order chi connectivity index (χ0) is 54.6. The van der Waals surface area contributed by atoms with E-state index in [1.807, 2.05) is 30.3 Å². The molecule has 0 unspecified atom stereocenters. The number of ether oxygens (including phenoxy) is 5. The average molecular weight is 1050 g/mol. The summed E-state index contributed by atoms with van der Waals surface area (Å²) in [6.07, 6.45) is -4.56. The van der Waals surface area contributed by atoms with E-state index >= 15 is 0 Å². The zero-order valence-corrected chi connectivity index (χ0v) is 42.1. The Labute approximate surface area is 436 Å². The molecule has 22 heteroatoms. The summed E-state index contributed by atoms with van der Waals surface area (Å²) >= 11 is 0. The number of phenols is 2. The Morgan fingerprint density at radius 1 is 0.868 bits per heavy atom. The average Bonchev–Trinajstić information content (AvgIpc) is 3.85. The van der Waals surface area contributed by atoms with Crippen molar-refractivity contribution in [3.8, 4) is 17.2 Å². The highest BCUT2D eigenvalue weighted by atomic mass is 16.7. The van der Waals surface area contributed by atoms with E-state index in [1.165, 1.54) is 37.1 Å². The lowest BCUT2D eigenvalue weighted by atomic mass is 9.72. The Balaban J connectivity index is 0.934. The van der Waals surface area contributed by atoms with Crippen LogP contribution in [-0.4, -0.2) is 142 Å². The number of unbranched alkanes of at least 4 members (excludes halogenated alkanes) is 1. The quantitative estimate of drug-likeness (QED) is 0.0423. The molecule has 404 valence electrons. The second kappa shape index (κ2) is 23.3. The normalized spacial score (nSPS) is 22.7. The number of nitrogens with one attached hydrogen (secondary N) is 3. The Bertz CT molecular complexity index is 2880. The van der Waals surface area contributed by atoms with Gasteiger partial charge in [0.25, 0.3) is 0 Å². The summed E-state index contributed by atoms with van der Waals surface area (Å²) in [5, 5.41) is 53.6. The van der Waals surface area contributed by atoms with Gasteiger partial charge >= 0.3 is 6.09 Å². The van der Waals surface area contributed by atoms with Crippen molar-refractivity contribution in [3.05, 3.63) is 117 Å². The highest BCUT2D eigenvalue weighted by molar-refractivity contribution is 6.31. The highest BCUT2D eigenvalue weighted by Crippen LogP contribution is 2.53. The van der Waals surface area contributed by atoms with Crippen LogP contribution in [0.4, 0.5) is 10.5 Å². The smallest absolute Gasteiger partial charge is 0.412 e. The van der Waals surface area contributed by atoms with Gasteiger partial charge in [-0.15, -0.1) is 0 Å². The third-order valence-corrected chi connectivity index (χ3v) is 14.2. The van der Waals surface area contributed by atoms with Gasteiger partial charge in [0.15, 0.2) is 17.9 Å². The molecule has 4 aromatic carbocycles. The molecule has 2 fully saturated rings. The van der Waals surface area contributed by atoms with Gasteiger partial charge in [0.1, 0.15) is 61.0 Å². The van der Waals surface area contributed by atoms with Crippen LogP contribution in [0.15, 0.2) is 72.8 Å². The minimum Gasteiger partial charge on any atom is -0.507 e. The predicted molar refractivity (Wildman–Crippen MR) is 269 cm³/mol. The first-order valence-electron chi connectivity index (χ1n) is 25.0. The standard InChI is InChI=1S/C54H62N6O16/c1-27(56)50(67)59-35(20-29-10-5-4-6-11-29)52(69)58-34(13-7-8-19-55)51(68)57-31-17-15-30(16-18-31)25-73-53(70)60-26-74-49-28(2)75-40(21-36(49)60)76-38-23-54(71,39(62)24-61)22-33-42(38)48(66)44-43(46(33)64)45(63)32-12-9-14-37(72-3)41(32)47(44)65/h4-6,9-12,14-18,27-28,34-36,38,40,49,61,64,66,71H,7-8,13,19-26,55-56H2,1-3H3,(H,57,68)(H,58,69)(H,59,67)/t27-,28+,34+,35+,36+,38+,40+,49-,54+/m1/s1. The van der Waals surface area contributed by atoms with Crippen molar-refractivity contribution in [1.29, 1.82) is 0 Å². The van der Waals surface area contributed by atoms with Crippen molar-refractivity contribution < 1.29 is 77.7 Å². The minimum atomic E-state index is -2.37. The van der Waals surface area contributed by atoms with E-state index in [4.69, 9.17) is 35.2 Å². The Kier molecular flexibility index (Phi) is 16.8. The number of aliphatic hydroxyl groups excluding tert-OH is 1. The summed E-state index contributed by atoms with van der Waals surface area (Å²) in [5.74, 6) is -5.72. The maximum absolute atomic E-state index is 14.1. The van der Waals surface area contributed by atoms with Gasteiger partial charge in [0.05, 0.1) is 48.1 Å². The molecule has 4 amide bonds. The summed E-state index contributed by atoms with van der Waals surface area (Å²) in [5.41, 5.74) is 9.14. The summed E-state index contributed by atoms with van der Waals surface area (Å²) < 4.78 is 29.7. The lowest BCUT2D eigenvalue weighted by molar-refractivity contribution is -0.246. The molecule has 9 atom stereocenters. The molecule has 2 aliphatic carbocycles. The summed E-state index contributed by atoms with van der Waals surface area (Å²) in [4.78, 5) is 96.2. The van der Waals surface area contributed by atoms with Gasteiger partial charge in [-0.1, -0.05) is 54.6 Å². The van der Waals surface area contributed by atoms with E-state index in [0.29, 0.717) is 30.6 Å². The van der Waals surface area contributed by atoms with Gasteiger partial charge in [-0.25, -0.2) is 4.79 Å². The third kappa shape index (κ3) is 11.3. The number of ketones is 3. The van der Waals surface area contributed by atoms with Crippen LogP contribution in [0.2, 0.25) is 0 Å². The Morgan fingerprint density at radius 3 is 2.26 bits per heavy atom. The van der Waals surface area contributed by atoms with E-state index in [2.05, 4.69) is 16.0 Å². The van der Waals surface area contributed by atoms with Gasteiger partial charge in [0, 0.05) is 48.1 Å². The van der Waals surface area contributed by atoms with Gasteiger partial charge in [-0.2, -0.15) is 0 Å². The number of nitrogens with zero attached hydrogens (tertiary/aromatic N) is 1. The Hall–Kier alpha value is -7.31. The van der Waals surface area contributed by atoms with Crippen molar-refractivity contribution in [3.63, 3.8) is 0 Å². The number of anilines is 1. The molecular weight excluding hydrogens is 989 g/mol. The van der Waals surface area contributed by atoms with E-state index in [1.54, 1.807) is 31.2 Å². The number of amides is 4. The number of carbonyl (C=O) groups is 7. The number of rotatable bonds is 19. The maximum Gasteiger partial charge on any atom is 0.412 e. The highest BCUT2D eigenvalue weighted by Gasteiger charge is 2.52. The van der Waals surface area contributed by atoms with E-state index in [0.717, 1.165) is 5.56 Å². The second-order valence-electron chi connectivity index (χ2n) is 19.4. The van der Waals surface area contributed by atoms with Crippen LogP contribution in [0, 0.1) is 0 Å². The van der Waals surface area contributed by atoms with Crippen molar-refractivity contribution in [2.75, 3.05) is 32.3 Å². The van der Waals surface area contributed by atoms with Crippen LogP contribution in [0.5, 0.6) is 17.2 Å². The molecule has 0 bridgehead atoms. The molecule has 11 N–H and O–H groups in total. The molecule has 8 rings (SSSR count). The van der Waals surface area contributed by atoms with Crippen LogP contribution in [0.25, 0.3) is 0 Å². The number of benzene rings is 4. The second-order valence-corrected chi connectivity index (χ2v) is 19.4. The number of Topliss-reactive ketones (excluding diaryl/α,β-unsaturated/α-hetero) is 1. The number of hydrogen-bond donors (Lipinski definition) is 9. The SMILES string of the molecule is COc1cccc2c1C(=O)c1c(O)c3c(c(O)c1C2=O)C[C@@](O)(C(=O)CO)C[C@@H]3O[C@H]1C[C@H]2[C@H](OCN2C(=O)OCc2ccc(NC(=O)[C@H](CCCCN)NC(=O)[C@H](Cc3ccccc3)NC(=O)[C@@H](C)N)cc2)[C@H](C)O1. The molecule has 0 aromatic heterocycles. The molecule has 76 heavy (non-hydrogen) atoms. The largest absolute Gasteiger partial charge is 0.507 e. The lowest BCUT2D eigenvalue weighted by Gasteiger charge is -2.42. The fourth-order valence-corrected chi connectivity index (χ4v) is 10.2. The first-order valence-corrected chi connectivity index (χ1v) is 25.0. The van der Waals surface area contributed by atoms with Crippen LogP contribution in [0.3, 0.4) is 0 Å². The fourth-order valence-electron chi connectivity index (χ4n) is 10.2. The number of carbonyl (C=O) groups excluding carboxylic acids is 7. The van der Waals surface area contributed by atoms with Crippen LogP contribution < -0.4 is 32.2 Å². The number of phenolic OH excluding ortho intramolecular Hbond substituents is 2. The van der Waals surface area contributed by atoms with Crippen LogP contribution in [-0.2, 0) is 57.6 Å². The monoisotopic (exact) mass is 1050 g/mol. The molecule has 2 heterocycles. The van der Waals surface area contributed by atoms with Crippen molar-refractivity contribution in [1.82, 2.24) is 15.5 Å². The number of aromatic hydroxyl groups is 2. The van der Waals surface area contributed by atoms with Gasteiger partial charge in [0.2, 0.25) is 23.5 Å². The molecular formula is C54H62N6O16. The molecule has 0 saturated carbocycles.